The molecule has 0 radical (unpaired) electrons. The lowest BCUT2D eigenvalue weighted by atomic mass is 10.0. The number of amides is 2. The SMILES string of the molecule is CNC(=O)CCC(C=O)N1C(=O)c2cccc3cc(N)cc1c23. The Morgan fingerprint density at radius 1 is 1.39 bits per heavy atom. The Bertz CT molecular complexity index is 816. The van der Waals surface area contributed by atoms with Crippen molar-refractivity contribution in [3.63, 3.8) is 0 Å². The van der Waals surface area contributed by atoms with Crippen LogP contribution in [0.1, 0.15) is 23.2 Å². The third-order valence-electron chi connectivity index (χ3n) is 4.12. The molecule has 2 aromatic carbocycles. The first-order valence-corrected chi connectivity index (χ1v) is 7.38. The number of carbonyl (C=O) groups excluding carboxylic acids is 3. The fourth-order valence-corrected chi connectivity index (χ4v) is 3.03. The van der Waals surface area contributed by atoms with Gasteiger partial charge in [-0.1, -0.05) is 12.1 Å². The molecule has 1 heterocycles. The third-order valence-corrected chi connectivity index (χ3v) is 4.12. The maximum Gasteiger partial charge on any atom is 0.259 e. The van der Waals surface area contributed by atoms with Crippen LogP contribution in [-0.2, 0) is 9.59 Å². The van der Waals surface area contributed by atoms with Crippen LogP contribution >= 0.6 is 0 Å². The first-order valence-electron chi connectivity index (χ1n) is 7.38. The van der Waals surface area contributed by atoms with Gasteiger partial charge in [-0.05, 0) is 30.0 Å². The van der Waals surface area contributed by atoms with Gasteiger partial charge in [0.25, 0.3) is 5.91 Å². The Kier molecular flexibility index (Phi) is 3.73. The van der Waals surface area contributed by atoms with Gasteiger partial charge >= 0.3 is 0 Å². The van der Waals surface area contributed by atoms with Crippen molar-refractivity contribution in [1.29, 1.82) is 0 Å². The van der Waals surface area contributed by atoms with E-state index in [1.54, 1.807) is 24.3 Å². The van der Waals surface area contributed by atoms with Crippen LogP contribution in [0.25, 0.3) is 10.8 Å². The number of nitrogen functional groups attached to an aromatic ring is 1. The fraction of sp³-hybridized carbons (Fsp3) is 0.235. The molecule has 1 aliphatic rings. The van der Waals surface area contributed by atoms with Crippen molar-refractivity contribution in [1.82, 2.24) is 5.32 Å². The van der Waals surface area contributed by atoms with Gasteiger partial charge in [0.1, 0.15) is 6.29 Å². The molecule has 6 nitrogen and oxygen atoms in total. The van der Waals surface area contributed by atoms with Crippen molar-refractivity contribution in [2.75, 3.05) is 17.7 Å². The zero-order valence-electron chi connectivity index (χ0n) is 12.7. The number of aldehydes is 1. The first kappa shape index (κ1) is 15.0. The molecular weight excluding hydrogens is 294 g/mol. The molecule has 0 saturated carbocycles. The summed E-state index contributed by atoms with van der Waals surface area (Å²) >= 11 is 0. The molecular formula is C17H17N3O3. The summed E-state index contributed by atoms with van der Waals surface area (Å²) < 4.78 is 0. The van der Waals surface area contributed by atoms with Crippen LogP contribution in [0.3, 0.4) is 0 Å². The van der Waals surface area contributed by atoms with Crippen molar-refractivity contribution in [3.05, 3.63) is 35.9 Å². The normalized spacial score (nSPS) is 14.1. The summed E-state index contributed by atoms with van der Waals surface area (Å²) in [7, 11) is 1.54. The quantitative estimate of drug-likeness (QED) is 0.646. The Balaban J connectivity index is 2.04. The molecule has 0 spiro atoms. The molecule has 0 fully saturated rings. The molecule has 118 valence electrons. The van der Waals surface area contributed by atoms with E-state index in [0.717, 1.165) is 10.8 Å². The summed E-state index contributed by atoms with van der Waals surface area (Å²) in [4.78, 5) is 37.2. The number of benzene rings is 2. The summed E-state index contributed by atoms with van der Waals surface area (Å²) in [6.45, 7) is 0. The van der Waals surface area contributed by atoms with Gasteiger partial charge in [-0.15, -0.1) is 0 Å². The van der Waals surface area contributed by atoms with E-state index in [9.17, 15) is 14.4 Å². The zero-order chi connectivity index (χ0) is 16.6. The van der Waals surface area contributed by atoms with Gasteiger partial charge in [-0.2, -0.15) is 0 Å². The number of nitrogens with zero attached hydrogens (tertiary/aromatic N) is 1. The lowest BCUT2D eigenvalue weighted by Gasteiger charge is -2.24. The number of nitrogens with two attached hydrogens (primary N) is 1. The smallest absolute Gasteiger partial charge is 0.259 e. The van der Waals surface area contributed by atoms with Gasteiger partial charge in [0.05, 0.1) is 11.7 Å². The highest BCUT2D eigenvalue weighted by Crippen LogP contribution is 2.40. The molecule has 1 unspecified atom stereocenters. The number of hydrogen-bond acceptors (Lipinski definition) is 4. The van der Waals surface area contributed by atoms with Gasteiger partial charge in [-0.3, -0.25) is 14.5 Å². The lowest BCUT2D eigenvalue weighted by molar-refractivity contribution is -0.120. The average molecular weight is 311 g/mol. The van der Waals surface area contributed by atoms with Crippen LogP contribution in [0.2, 0.25) is 0 Å². The molecule has 3 N–H and O–H groups in total. The lowest BCUT2D eigenvalue weighted by Crippen LogP contribution is -2.39. The van der Waals surface area contributed by atoms with Crippen LogP contribution in [0.5, 0.6) is 0 Å². The standard InChI is InChI=1S/C17H17N3O3/c1-19-15(22)6-5-12(9-21)20-14-8-11(18)7-10-3-2-4-13(16(10)14)17(20)23/h2-4,7-9,12H,5-6,18H2,1H3,(H,19,22). The minimum Gasteiger partial charge on any atom is -0.399 e. The summed E-state index contributed by atoms with van der Waals surface area (Å²) in [5, 5.41) is 4.18. The zero-order valence-corrected chi connectivity index (χ0v) is 12.7. The Labute approximate surface area is 133 Å². The topological polar surface area (TPSA) is 92.5 Å². The second-order valence-electron chi connectivity index (χ2n) is 5.53. The summed E-state index contributed by atoms with van der Waals surface area (Å²) in [6, 6.07) is 8.23. The Morgan fingerprint density at radius 2 is 2.17 bits per heavy atom. The molecule has 3 rings (SSSR count). The molecule has 2 amide bonds. The molecule has 0 bridgehead atoms. The largest absolute Gasteiger partial charge is 0.399 e. The van der Waals surface area contributed by atoms with Crippen molar-refractivity contribution >= 4 is 40.2 Å². The Morgan fingerprint density at radius 3 is 2.87 bits per heavy atom. The van der Waals surface area contributed by atoms with E-state index in [-0.39, 0.29) is 24.7 Å². The fourth-order valence-electron chi connectivity index (χ4n) is 3.03. The van der Waals surface area contributed by atoms with Crippen LogP contribution in [0.4, 0.5) is 11.4 Å². The second kappa shape index (κ2) is 5.72. The number of carbonyl (C=O) groups is 3. The minimum absolute atomic E-state index is 0.168. The number of nitrogens with one attached hydrogen (secondary N) is 1. The van der Waals surface area contributed by atoms with Gasteiger partial charge in [0.15, 0.2) is 0 Å². The monoisotopic (exact) mass is 311 g/mol. The van der Waals surface area contributed by atoms with Crippen molar-refractivity contribution in [3.8, 4) is 0 Å². The third kappa shape index (κ3) is 2.42. The molecule has 0 aromatic heterocycles. The summed E-state index contributed by atoms with van der Waals surface area (Å²) in [5.74, 6) is -0.399. The maximum absolute atomic E-state index is 12.7. The van der Waals surface area contributed by atoms with Gasteiger partial charge in [0, 0.05) is 30.1 Å². The van der Waals surface area contributed by atoms with E-state index in [2.05, 4.69) is 5.32 Å². The van der Waals surface area contributed by atoms with Crippen LogP contribution < -0.4 is 16.0 Å². The number of anilines is 2. The van der Waals surface area contributed by atoms with Gasteiger partial charge < -0.3 is 15.8 Å². The predicted molar refractivity (Wildman–Crippen MR) is 88.3 cm³/mol. The maximum atomic E-state index is 12.7. The second-order valence-corrected chi connectivity index (χ2v) is 5.53. The highest BCUT2D eigenvalue weighted by molar-refractivity contribution is 6.26. The highest BCUT2D eigenvalue weighted by Gasteiger charge is 2.35. The first-order chi connectivity index (χ1) is 11.1. The van der Waals surface area contributed by atoms with E-state index in [0.29, 0.717) is 23.2 Å². The molecule has 0 saturated heterocycles. The minimum atomic E-state index is -0.697. The van der Waals surface area contributed by atoms with Crippen molar-refractivity contribution in [2.24, 2.45) is 0 Å². The number of hydrogen-bond donors (Lipinski definition) is 2. The van der Waals surface area contributed by atoms with E-state index in [1.807, 2.05) is 6.07 Å². The average Bonchev–Trinajstić information content (AvgIpc) is 2.82. The van der Waals surface area contributed by atoms with Crippen LogP contribution in [-0.4, -0.2) is 31.2 Å². The molecule has 1 atom stereocenters. The molecule has 1 aliphatic heterocycles. The molecule has 0 aliphatic carbocycles. The summed E-state index contributed by atoms with van der Waals surface area (Å²) in [6.07, 6.45) is 1.15. The molecule has 6 heteroatoms. The Hall–Kier alpha value is -2.89. The predicted octanol–water partition coefficient (Wildman–Crippen LogP) is 1.48. The van der Waals surface area contributed by atoms with Gasteiger partial charge in [-0.25, -0.2) is 0 Å². The van der Waals surface area contributed by atoms with Crippen LogP contribution in [0.15, 0.2) is 30.3 Å². The van der Waals surface area contributed by atoms with E-state index in [4.69, 9.17) is 5.73 Å². The molecule has 2 aromatic rings. The van der Waals surface area contributed by atoms with E-state index in [1.165, 1.54) is 11.9 Å². The van der Waals surface area contributed by atoms with Crippen LogP contribution in [0, 0.1) is 0 Å². The molecule has 23 heavy (non-hydrogen) atoms. The highest BCUT2D eigenvalue weighted by atomic mass is 16.2. The van der Waals surface area contributed by atoms with E-state index < -0.39 is 6.04 Å². The summed E-state index contributed by atoms with van der Waals surface area (Å²) in [5.41, 5.74) is 7.65. The van der Waals surface area contributed by atoms with Crippen molar-refractivity contribution in [2.45, 2.75) is 18.9 Å². The van der Waals surface area contributed by atoms with E-state index >= 15 is 0 Å². The van der Waals surface area contributed by atoms with Gasteiger partial charge in [0.2, 0.25) is 5.91 Å². The number of rotatable bonds is 5. The van der Waals surface area contributed by atoms with Crippen molar-refractivity contribution < 1.29 is 14.4 Å².